The summed E-state index contributed by atoms with van der Waals surface area (Å²) >= 11 is 0. The second-order valence-electron chi connectivity index (χ2n) is 4.75. The van der Waals surface area contributed by atoms with E-state index in [1.165, 1.54) is 12.3 Å². The summed E-state index contributed by atoms with van der Waals surface area (Å²) in [5.41, 5.74) is -0.186. The van der Waals surface area contributed by atoms with Crippen LogP contribution in [0.15, 0.2) is 24.4 Å². The van der Waals surface area contributed by atoms with E-state index in [0.29, 0.717) is 5.95 Å². The highest BCUT2D eigenvalue weighted by atomic mass is 19.2. The standard InChI is InChI=1S/C15H17F3N4/c1-2-3-4-8-19-15-20-9-7-12(22-15)21-11-6-5-10(16)13(17)14(11)18/h5-7,9H,2-4,8H2,1H3,(H2,19,20,21,22). The fraction of sp³-hybridized carbons (Fsp3) is 0.333. The monoisotopic (exact) mass is 310 g/mol. The zero-order valence-electron chi connectivity index (χ0n) is 12.2. The van der Waals surface area contributed by atoms with Gasteiger partial charge in [0.15, 0.2) is 17.5 Å². The molecule has 0 radical (unpaired) electrons. The number of hydrogen-bond acceptors (Lipinski definition) is 4. The number of nitrogens with zero attached hydrogens (tertiary/aromatic N) is 2. The Hall–Kier alpha value is -2.31. The number of benzene rings is 1. The van der Waals surface area contributed by atoms with Crippen molar-refractivity contribution in [1.29, 1.82) is 0 Å². The van der Waals surface area contributed by atoms with Crippen LogP contribution < -0.4 is 10.6 Å². The van der Waals surface area contributed by atoms with Crippen molar-refractivity contribution in [3.63, 3.8) is 0 Å². The Balaban J connectivity index is 2.06. The fourth-order valence-corrected chi connectivity index (χ4v) is 1.85. The Bertz CT molecular complexity index is 634. The van der Waals surface area contributed by atoms with Gasteiger partial charge in [0.05, 0.1) is 5.69 Å². The van der Waals surface area contributed by atoms with E-state index in [2.05, 4.69) is 27.5 Å². The molecule has 0 bridgehead atoms. The molecule has 22 heavy (non-hydrogen) atoms. The topological polar surface area (TPSA) is 49.8 Å². The van der Waals surface area contributed by atoms with E-state index >= 15 is 0 Å². The number of anilines is 3. The SMILES string of the molecule is CCCCCNc1nccc(Nc2ccc(F)c(F)c2F)n1. The summed E-state index contributed by atoms with van der Waals surface area (Å²) in [6.07, 6.45) is 4.70. The highest BCUT2D eigenvalue weighted by molar-refractivity contribution is 5.57. The first-order chi connectivity index (χ1) is 10.6. The van der Waals surface area contributed by atoms with Gasteiger partial charge in [0.25, 0.3) is 0 Å². The first-order valence-corrected chi connectivity index (χ1v) is 7.09. The number of hydrogen-bond donors (Lipinski definition) is 2. The van der Waals surface area contributed by atoms with Crippen LogP contribution in [-0.4, -0.2) is 16.5 Å². The predicted octanol–water partition coefficient (Wildman–Crippen LogP) is 4.24. The van der Waals surface area contributed by atoms with Crippen molar-refractivity contribution in [2.45, 2.75) is 26.2 Å². The van der Waals surface area contributed by atoms with E-state index < -0.39 is 17.5 Å². The number of aromatic nitrogens is 2. The molecule has 0 amide bonds. The summed E-state index contributed by atoms with van der Waals surface area (Å²) in [6, 6.07) is 3.48. The summed E-state index contributed by atoms with van der Waals surface area (Å²) in [5, 5.41) is 5.66. The Kier molecular flexibility index (Phi) is 5.57. The van der Waals surface area contributed by atoms with E-state index in [-0.39, 0.29) is 11.5 Å². The Morgan fingerprint density at radius 1 is 1.05 bits per heavy atom. The molecule has 0 spiro atoms. The van der Waals surface area contributed by atoms with Crippen molar-refractivity contribution in [2.24, 2.45) is 0 Å². The van der Waals surface area contributed by atoms with Gasteiger partial charge in [-0.1, -0.05) is 19.8 Å². The molecule has 0 aliphatic carbocycles. The molecule has 1 heterocycles. The lowest BCUT2D eigenvalue weighted by Crippen LogP contribution is -2.07. The van der Waals surface area contributed by atoms with Gasteiger partial charge in [-0.2, -0.15) is 4.98 Å². The highest BCUT2D eigenvalue weighted by Crippen LogP contribution is 2.22. The molecule has 2 aromatic rings. The van der Waals surface area contributed by atoms with E-state index in [1.54, 1.807) is 0 Å². The summed E-state index contributed by atoms with van der Waals surface area (Å²) in [5.74, 6) is -3.35. The van der Waals surface area contributed by atoms with Gasteiger partial charge >= 0.3 is 0 Å². The molecular weight excluding hydrogens is 293 g/mol. The van der Waals surface area contributed by atoms with Gasteiger partial charge < -0.3 is 10.6 Å². The highest BCUT2D eigenvalue weighted by Gasteiger charge is 2.13. The van der Waals surface area contributed by atoms with Crippen molar-refractivity contribution in [1.82, 2.24) is 9.97 Å². The van der Waals surface area contributed by atoms with E-state index in [1.807, 2.05) is 0 Å². The summed E-state index contributed by atoms with van der Waals surface area (Å²) < 4.78 is 39.7. The van der Waals surface area contributed by atoms with Gasteiger partial charge in [-0.25, -0.2) is 18.2 Å². The molecule has 0 saturated carbocycles. The first-order valence-electron chi connectivity index (χ1n) is 7.09. The minimum Gasteiger partial charge on any atom is -0.354 e. The van der Waals surface area contributed by atoms with E-state index in [4.69, 9.17) is 0 Å². The summed E-state index contributed by atoms with van der Waals surface area (Å²) in [7, 11) is 0. The van der Waals surface area contributed by atoms with Gasteiger partial charge in [-0.3, -0.25) is 0 Å². The molecule has 1 aromatic heterocycles. The van der Waals surface area contributed by atoms with Crippen LogP contribution in [0.2, 0.25) is 0 Å². The molecule has 4 nitrogen and oxygen atoms in total. The Morgan fingerprint density at radius 2 is 1.86 bits per heavy atom. The molecule has 118 valence electrons. The lowest BCUT2D eigenvalue weighted by atomic mass is 10.2. The van der Waals surface area contributed by atoms with Crippen molar-refractivity contribution < 1.29 is 13.2 Å². The van der Waals surface area contributed by atoms with Gasteiger partial charge in [-0.15, -0.1) is 0 Å². The molecule has 0 atom stereocenters. The lowest BCUT2D eigenvalue weighted by Gasteiger charge is -2.09. The second kappa shape index (κ2) is 7.63. The molecule has 0 unspecified atom stereocenters. The number of rotatable bonds is 7. The number of nitrogens with one attached hydrogen (secondary N) is 2. The third-order valence-electron chi connectivity index (χ3n) is 3.02. The van der Waals surface area contributed by atoms with Crippen LogP contribution in [0.1, 0.15) is 26.2 Å². The van der Waals surface area contributed by atoms with Crippen LogP contribution in [0.4, 0.5) is 30.6 Å². The van der Waals surface area contributed by atoms with Gasteiger partial charge in [-0.05, 0) is 24.6 Å². The molecule has 0 fully saturated rings. The second-order valence-corrected chi connectivity index (χ2v) is 4.75. The summed E-state index contributed by atoms with van der Waals surface area (Å²) in [6.45, 7) is 2.84. The van der Waals surface area contributed by atoms with Gasteiger partial charge in [0.1, 0.15) is 5.82 Å². The van der Waals surface area contributed by atoms with E-state index in [0.717, 1.165) is 37.9 Å². The van der Waals surface area contributed by atoms with Crippen LogP contribution in [0, 0.1) is 17.5 Å². The predicted molar refractivity (Wildman–Crippen MR) is 79.6 cm³/mol. The van der Waals surface area contributed by atoms with Crippen LogP contribution in [0.25, 0.3) is 0 Å². The maximum Gasteiger partial charge on any atom is 0.224 e. The van der Waals surface area contributed by atoms with Gasteiger partial charge in [0.2, 0.25) is 5.95 Å². The molecule has 0 aliphatic heterocycles. The average Bonchev–Trinajstić information content (AvgIpc) is 2.53. The maximum atomic E-state index is 13.6. The molecule has 7 heteroatoms. The molecule has 1 aromatic carbocycles. The molecular formula is C15H17F3N4. The van der Waals surface area contributed by atoms with Crippen LogP contribution in [0.3, 0.4) is 0 Å². The minimum absolute atomic E-state index is 0.186. The Morgan fingerprint density at radius 3 is 2.64 bits per heavy atom. The molecule has 0 aliphatic rings. The van der Waals surface area contributed by atoms with Crippen LogP contribution in [-0.2, 0) is 0 Å². The largest absolute Gasteiger partial charge is 0.354 e. The quantitative estimate of drug-likeness (QED) is 0.593. The van der Waals surface area contributed by atoms with E-state index in [9.17, 15) is 13.2 Å². The maximum absolute atomic E-state index is 13.6. The zero-order chi connectivity index (χ0) is 15.9. The normalized spacial score (nSPS) is 10.5. The molecule has 2 N–H and O–H groups in total. The van der Waals surface area contributed by atoms with Gasteiger partial charge in [0, 0.05) is 12.7 Å². The first kappa shape index (κ1) is 16.1. The number of halogens is 3. The zero-order valence-corrected chi connectivity index (χ0v) is 12.2. The molecule has 0 saturated heterocycles. The lowest BCUT2D eigenvalue weighted by molar-refractivity contribution is 0.449. The van der Waals surface area contributed by atoms with Crippen molar-refractivity contribution in [3.05, 3.63) is 41.8 Å². The molecule has 2 rings (SSSR count). The number of unbranched alkanes of at least 4 members (excludes halogenated alkanes) is 2. The van der Waals surface area contributed by atoms with Crippen LogP contribution >= 0.6 is 0 Å². The third kappa shape index (κ3) is 4.09. The summed E-state index contributed by atoms with van der Waals surface area (Å²) in [4.78, 5) is 8.19. The Labute approximate surface area is 126 Å². The third-order valence-corrected chi connectivity index (χ3v) is 3.02. The van der Waals surface area contributed by atoms with Crippen LogP contribution in [0.5, 0.6) is 0 Å². The smallest absolute Gasteiger partial charge is 0.224 e. The van der Waals surface area contributed by atoms with Crippen molar-refractivity contribution in [3.8, 4) is 0 Å². The fourth-order valence-electron chi connectivity index (χ4n) is 1.85. The minimum atomic E-state index is -1.52. The van der Waals surface area contributed by atoms with Crippen molar-refractivity contribution in [2.75, 3.05) is 17.2 Å². The van der Waals surface area contributed by atoms with Crippen molar-refractivity contribution >= 4 is 17.5 Å². The average molecular weight is 310 g/mol.